The van der Waals surface area contributed by atoms with Gasteiger partial charge in [0.1, 0.15) is 35.5 Å². The molecule has 2 atom stereocenters. The van der Waals surface area contributed by atoms with Gasteiger partial charge in [-0.1, -0.05) is 12.2 Å². The maximum atomic E-state index is 15.8. The number of amidine groups is 1. The van der Waals surface area contributed by atoms with Crippen LogP contribution in [0.5, 0.6) is 0 Å². The van der Waals surface area contributed by atoms with Crippen LogP contribution in [-0.2, 0) is 14.2 Å². The van der Waals surface area contributed by atoms with Gasteiger partial charge in [0, 0.05) is 6.20 Å². The third kappa shape index (κ3) is 4.81. The lowest BCUT2D eigenvalue weighted by molar-refractivity contribution is -0.227. The van der Waals surface area contributed by atoms with E-state index in [2.05, 4.69) is 10.3 Å². The third-order valence-electron chi connectivity index (χ3n) is 5.06. The molecule has 0 aromatic carbocycles. The minimum absolute atomic E-state index is 0.174. The molecule has 2 aliphatic carbocycles. The second-order valence-electron chi connectivity index (χ2n) is 7.30. The van der Waals surface area contributed by atoms with Gasteiger partial charge >= 0.3 is 5.78 Å². The second kappa shape index (κ2) is 8.81. The van der Waals surface area contributed by atoms with Gasteiger partial charge in [0.15, 0.2) is 0 Å². The number of aliphatic hydroxyl groups is 1. The molecule has 0 radical (unpaired) electrons. The van der Waals surface area contributed by atoms with Gasteiger partial charge in [-0.3, -0.25) is 4.99 Å². The SMILES string of the molecule is COC1=CCC=C(CC2=CNC(CO)=NC2)C(F)=C1C1=CC=C2CC(=C1)OC(F)(P)O2. The fourth-order valence-corrected chi connectivity index (χ4v) is 3.95. The lowest BCUT2D eigenvalue weighted by atomic mass is 9.96. The molecule has 1 saturated heterocycles. The van der Waals surface area contributed by atoms with Crippen LogP contribution in [0.4, 0.5) is 8.78 Å². The standard InChI is InChI=1S/C22H23F2N2O4P/c1-28-18-4-2-3-15(7-13-10-25-19(12-27)26-11-13)21(23)20(18)14-5-6-16-9-17(8-14)30-22(24,31)29-16/h3-6,8,10,27H,2,7,9,11-12,31H2,1H3,(H,25,26). The van der Waals surface area contributed by atoms with E-state index in [0.717, 1.165) is 5.57 Å². The first-order valence-electron chi connectivity index (χ1n) is 9.78. The van der Waals surface area contributed by atoms with Gasteiger partial charge in [0.2, 0.25) is 0 Å². The average molecular weight is 448 g/mol. The first-order valence-corrected chi connectivity index (χ1v) is 10.4. The molecule has 0 saturated carbocycles. The normalized spacial score (nSPS) is 25.6. The Hall–Kier alpha value is -2.70. The van der Waals surface area contributed by atoms with E-state index in [0.29, 0.717) is 53.6 Å². The van der Waals surface area contributed by atoms with Gasteiger partial charge in [0.25, 0.3) is 0 Å². The molecule has 2 heterocycles. The van der Waals surface area contributed by atoms with Crippen LogP contribution in [0.2, 0.25) is 0 Å². The lowest BCUT2D eigenvalue weighted by Gasteiger charge is -2.30. The molecule has 2 N–H and O–H groups in total. The van der Waals surface area contributed by atoms with Gasteiger partial charge in [-0.15, -0.1) is 0 Å². The number of nitrogens with zero attached hydrogens (tertiary/aromatic N) is 1. The van der Waals surface area contributed by atoms with Crippen molar-refractivity contribution < 1.29 is 28.1 Å². The van der Waals surface area contributed by atoms with Gasteiger partial charge in [0.05, 0.1) is 25.6 Å². The molecule has 164 valence electrons. The maximum Gasteiger partial charge on any atom is 0.417 e. The summed E-state index contributed by atoms with van der Waals surface area (Å²) in [6, 6.07) is 0. The monoisotopic (exact) mass is 448 g/mol. The zero-order valence-corrected chi connectivity index (χ0v) is 18.1. The number of rotatable bonds is 5. The minimum atomic E-state index is -2.35. The molecule has 4 aliphatic rings. The summed E-state index contributed by atoms with van der Waals surface area (Å²) in [6.07, 6.45) is 11.3. The molecule has 2 bridgehead atoms. The van der Waals surface area contributed by atoms with Crippen LogP contribution in [0.15, 0.2) is 87.0 Å². The Morgan fingerprint density at radius 3 is 2.81 bits per heavy atom. The van der Waals surface area contributed by atoms with Crippen molar-refractivity contribution in [3.8, 4) is 0 Å². The topological polar surface area (TPSA) is 72.3 Å². The average Bonchev–Trinajstić information content (AvgIpc) is 2.99. The van der Waals surface area contributed by atoms with E-state index in [1.165, 1.54) is 7.11 Å². The largest absolute Gasteiger partial charge is 0.496 e. The number of ether oxygens (including phenoxy) is 3. The van der Waals surface area contributed by atoms with Crippen LogP contribution in [-0.4, -0.2) is 37.0 Å². The number of fused-ring (bicyclic) bond motifs is 2. The summed E-state index contributed by atoms with van der Waals surface area (Å²) in [5.41, 5.74) is 2.14. The van der Waals surface area contributed by atoms with E-state index in [1.54, 1.807) is 30.5 Å². The number of halogens is 2. The number of aliphatic hydroxyl groups excluding tert-OH is 1. The highest BCUT2D eigenvalue weighted by molar-refractivity contribution is 7.17. The smallest absolute Gasteiger partial charge is 0.417 e. The Bertz CT molecular complexity index is 1030. The number of alkyl halides is 1. The summed E-state index contributed by atoms with van der Waals surface area (Å²) in [4.78, 5) is 4.23. The summed E-state index contributed by atoms with van der Waals surface area (Å²) in [5, 5.41) is 12.1. The molecule has 2 unspecified atom stereocenters. The van der Waals surface area contributed by atoms with Crippen LogP contribution in [0.3, 0.4) is 0 Å². The van der Waals surface area contributed by atoms with Crippen molar-refractivity contribution in [3.05, 3.63) is 82.0 Å². The van der Waals surface area contributed by atoms with Crippen LogP contribution < -0.4 is 5.32 Å². The van der Waals surface area contributed by atoms with E-state index < -0.39 is 11.6 Å². The number of hydrogen-bond donors (Lipinski definition) is 2. The molecule has 0 aromatic heterocycles. The van der Waals surface area contributed by atoms with Crippen molar-refractivity contribution in [1.82, 2.24) is 5.32 Å². The quantitative estimate of drug-likeness (QED) is 0.624. The molecule has 0 aromatic rings. The first kappa shape index (κ1) is 21.5. The third-order valence-corrected chi connectivity index (χ3v) is 5.30. The summed E-state index contributed by atoms with van der Waals surface area (Å²) < 4.78 is 45.9. The Labute approximate surface area is 181 Å². The van der Waals surface area contributed by atoms with E-state index >= 15 is 4.39 Å². The van der Waals surface area contributed by atoms with Crippen LogP contribution in [0, 0.1) is 0 Å². The zero-order chi connectivity index (χ0) is 22.0. The molecule has 0 spiro atoms. The van der Waals surface area contributed by atoms with E-state index in [4.69, 9.17) is 19.3 Å². The van der Waals surface area contributed by atoms with Crippen molar-refractivity contribution in [2.45, 2.75) is 25.0 Å². The maximum absolute atomic E-state index is 15.8. The van der Waals surface area contributed by atoms with Crippen LogP contribution >= 0.6 is 9.24 Å². The fourth-order valence-electron chi connectivity index (χ4n) is 3.65. The number of hydrogen-bond acceptors (Lipinski definition) is 6. The van der Waals surface area contributed by atoms with Crippen LogP contribution in [0.25, 0.3) is 0 Å². The minimum Gasteiger partial charge on any atom is -0.496 e. The van der Waals surface area contributed by atoms with Crippen molar-refractivity contribution in [3.63, 3.8) is 0 Å². The van der Waals surface area contributed by atoms with Crippen molar-refractivity contribution in [2.75, 3.05) is 20.3 Å². The molecule has 31 heavy (non-hydrogen) atoms. The van der Waals surface area contributed by atoms with Crippen LogP contribution in [0.1, 0.15) is 19.3 Å². The molecular formula is C22H23F2N2O4P. The predicted molar refractivity (Wildman–Crippen MR) is 116 cm³/mol. The zero-order valence-electron chi connectivity index (χ0n) is 17.0. The molecule has 2 aliphatic heterocycles. The summed E-state index contributed by atoms with van der Waals surface area (Å²) >= 11 is 0. The van der Waals surface area contributed by atoms with Crippen molar-refractivity contribution in [1.29, 1.82) is 0 Å². The van der Waals surface area contributed by atoms with E-state index in [1.807, 2.05) is 15.3 Å². The molecule has 0 amide bonds. The van der Waals surface area contributed by atoms with Gasteiger partial charge in [-0.25, -0.2) is 4.39 Å². The van der Waals surface area contributed by atoms with Gasteiger partial charge in [-0.2, -0.15) is 4.39 Å². The highest BCUT2D eigenvalue weighted by Crippen LogP contribution is 2.42. The Morgan fingerprint density at radius 1 is 1.29 bits per heavy atom. The molecule has 9 heteroatoms. The molecular weight excluding hydrogens is 425 g/mol. The van der Waals surface area contributed by atoms with E-state index in [9.17, 15) is 4.39 Å². The Kier molecular flexibility index (Phi) is 6.12. The fraction of sp³-hybridized carbons (Fsp3) is 0.318. The second-order valence-corrected chi connectivity index (χ2v) is 7.99. The van der Waals surface area contributed by atoms with E-state index in [-0.39, 0.29) is 18.6 Å². The predicted octanol–water partition coefficient (Wildman–Crippen LogP) is 3.94. The van der Waals surface area contributed by atoms with Crippen molar-refractivity contribution >= 4 is 15.1 Å². The molecule has 6 nitrogen and oxygen atoms in total. The summed E-state index contributed by atoms with van der Waals surface area (Å²) in [6.45, 7) is 0.205. The summed E-state index contributed by atoms with van der Waals surface area (Å²) in [7, 11) is 3.36. The van der Waals surface area contributed by atoms with Gasteiger partial charge < -0.3 is 24.6 Å². The summed E-state index contributed by atoms with van der Waals surface area (Å²) in [5.74, 6) is -1.21. The number of methoxy groups -OCH3 is 1. The Morgan fingerprint density at radius 2 is 2.10 bits per heavy atom. The first-order chi connectivity index (χ1) is 14.9. The highest BCUT2D eigenvalue weighted by atomic mass is 31.0. The van der Waals surface area contributed by atoms with Crippen molar-refractivity contribution in [2.24, 2.45) is 4.99 Å². The number of aliphatic imine (C=N–C) groups is 1. The van der Waals surface area contributed by atoms with Gasteiger partial charge in [-0.05, 0) is 57.0 Å². The highest BCUT2D eigenvalue weighted by Gasteiger charge is 2.36. The lowest BCUT2D eigenvalue weighted by Crippen LogP contribution is -2.27. The Balaban J connectivity index is 1.68. The number of allylic oxidation sites excluding steroid dienone is 8. The molecule has 4 rings (SSSR count). The number of nitrogens with one attached hydrogen (secondary N) is 1. The molecule has 1 fully saturated rings.